The Morgan fingerprint density at radius 3 is 1.93 bits per heavy atom. The molecule has 4 aliphatic rings. The van der Waals surface area contributed by atoms with Gasteiger partial charge in [0.25, 0.3) is 0 Å². The zero-order valence-corrected chi connectivity index (χ0v) is 19.6. The predicted octanol–water partition coefficient (Wildman–Crippen LogP) is 6.41. The summed E-state index contributed by atoms with van der Waals surface area (Å²) in [7, 11) is 0. The van der Waals surface area contributed by atoms with Gasteiger partial charge in [-0.15, -0.1) is 0 Å². The molecule has 164 valence electrons. The maximum Gasteiger partial charge on any atom is 0.0137 e. The molecule has 0 radical (unpaired) electrons. The van der Waals surface area contributed by atoms with Gasteiger partial charge in [0.2, 0.25) is 0 Å². The van der Waals surface area contributed by atoms with Crippen molar-refractivity contribution in [3.8, 4) is 0 Å². The molecule has 0 saturated heterocycles. The molecule has 4 bridgehead atoms. The van der Waals surface area contributed by atoms with E-state index in [0.717, 1.165) is 49.3 Å². The summed E-state index contributed by atoms with van der Waals surface area (Å²) in [6.07, 6.45) is 19.5. The van der Waals surface area contributed by atoms with Crippen LogP contribution in [-0.4, -0.2) is 25.7 Å². The maximum atomic E-state index is 3.93. The molecule has 2 nitrogen and oxygen atoms in total. The van der Waals surface area contributed by atoms with Crippen molar-refractivity contribution in [2.24, 2.45) is 23.7 Å². The second kappa shape index (κ2) is 11.5. The third-order valence-electron chi connectivity index (χ3n) is 7.63. The summed E-state index contributed by atoms with van der Waals surface area (Å²) >= 11 is 0. The van der Waals surface area contributed by atoms with Crippen LogP contribution in [0.5, 0.6) is 0 Å². The van der Waals surface area contributed by atoms with Crippen molar-refractivity contribution in [1.82, 2.24) is 10.6 Å². The average molecular weight is 399 g/mol. The summed E-state index contributed by atoms with van der Waals surface area (Å²) in [6.45, 7) is 12.2. The highest BCUT2D eigenvalue weighted by molar-refractivity contribution is 5.06. The molecular weight excluding hydrogens is 352 g/mol. The molecule has 0 amide bonds. The van der Waals surface area contributed by atoms with Crippen molar-refractivity contribution in [3.05, 3.63) is 34.9 Å². The van der Waals surface area contributed by atoms with Gasteiger partial charge in [0.05, 0.1) is 0 Å². The highest BCUT2D eigenvalue weighted by atomic mass is 15.0. The van der Waals surface area contributed by atoms with Crippen LogP contribution in [0.25, 0.3) is 0 Å². The van der Waals surface area contributed by atoms with E-state index in [2.05, 4.69) is 56.6 Å². The standard InChI is InChI=1S/C27H46N2/c1-20(2)7-5-8-21(3)9-6-10-22(4)11-12-28-13-14-29-27-25-16-23-15-24(18-25)19-26(27)17-23/h7,9,11,23-29H,5-6,8,10,12-19H2,1-4H3/b21-9-,22-11-. The molecule has 0 atom stereocenters. The Bertz CT molecular complexity index is 566. The first-order valence-corrected chi connectivity index (χ1v) is 12.4. The first-order chi connectivity index (χ1) is 14.0. The van der Waals surface area contributed by atoms with Crippen molar-refractivity contribution in [2.75, 3.05) is 19.6 Å². The third kappa shape index (κ3) is 7.40. The van der Waals surface area contributed by atoms with E-state index in [1.54, 1.807) is 6.42 Å². The fourth-order valence-corrected chi connectivity index (χ4v) is 6.27. The molecule has 0 aromatic carbocycles. The molecule has 2 N–H and O–H groups in total. The van der Waals surface area contributed by atoms with Gasteiger partial charge in [-0.25, -0.2) is 0 Å². The molecule has 4 fully saturated rings. The monoisotopic (exact) mass is 398 g/mol. The van der Waals surface area contributed by atoms with Crippen LogP contribution in [0.4, 0.5) is 0 Å². The Hall–Kier alpha value is -0.860. The van der Waals surface area contributed by atoms with Crippen molar-refractivity contribution in [1.29, 1.82) is 0 Å². The van der Waals surface area contributed by atoms with E-state index in [9.17, 15) is 0 Å². The van der Waals surface area contributed by atoms with Gasteiger partial charge in [-0.05, 0) is 109 Å². The van der Waals surface area contributed by atoms with Crippen molar-refractivity contribution in [3.63, 3.8) is 0 Å². The fraction of sp³-hybridized carbons (Fsp3) is 0.778. The van der Waals surface area contributed by atoms with E-state index >= 15 is 0 Å². The second-order valence-electron chi connectivity index (χ2n) is 10.6. The highest BCUT2D eigenvalue weighted by Crippen LogP contribution is 2.53. The normalized spacial score (nSPS) is 31.4. The van der Waals surface area contributed by atoms with Gasteiger partial charge in [0, 0.05) is 25.7 Å². The third-order valence-corrected chi connectivity index (χ3v) is 7.63. The number of rotatable bonds is 12. The van der Waals surface area contributed by atoms with E-state index in [1.807, 2.05) is 0 Å². The van der Waals surface area contributed by atoms with Gasteiger partial charge < -0.3 is 10.6 Å². The second-order valence-corrected chi connectivity index (χ2v) is 10.6. The summed E-state index contributed by atoms with van der Waals surface area (Å²) in [5.41, 5.74) is 4.47. The first-order valence-electron chi connectivity index (χ1n) is 12.4. The lowest BCUT2D eigenvalue weighted by Crippen LogP contribution is -2.55. The zero-order valence-electron chi connectivity index (χ0n) is 19.6. The number of nitrogens with one attached hydrogen (secondary N) is 2. The lowest BCUT2D eigenvalue weighted by atomic mass is 9.54. The van der Waals surface area contributed by atoms with Crippen LogP contribution < -0.4 is 10.6 Å². The Kier molecular flexibility index (Phi) is 9.06. The summed E-state index contributed by atoms with van der Waals surface area (Å²) < 4.78 is 0. The van der Waals surface area contributed by atoms with Crippen LogP contribution in [0.1, 0.15) is 85.5 Å². The molecule has 0 aliphatic heterocycles. The molecule has 2 heteroatoms. The first kappa shape index (κ1) is 22.8. The van der Waals surface area contributed by atoms with Gasteiger partial charge in [0.15, 0.2) is 0 Å². The van der Waals surface area contributed by atoms with Crippen LogP contribution in [0.2, 0.25) is 0 Å². The van der Waals surface area contributed by atoms with Crippen molar-refractivity contribution < 1.29 is 0 Å². The Labute approximate surface area is 180 Å². The van der Waals surface area contributed by atoms with Crippen LogP contribution in [0.15, 0.2) is 34.9 Å². The van der Waals surface area contributed by atoms with E-state index in [0.29, 0.717) is 0 Å². The summed E-state index contributed by atoms with van der Waals surface area (Å²) in [4.78, 5) is 0. The molecule has 0 aromatic rings. The van der Waals surface area contributed by atoms with E-state index in [1.165, 1.54) is 68.1 Å². The molecule has 0 unspecified atom stereocenters. The smallest absolute Gasteiger partial charge is 0.0137 e. The summed E-state index contributed by atoms with van der Waals surface area (Å²) in [5.74, 6) is 4.15. The Morgan fingerprint density at radius 2 is 1.31 bits per heavy atom. The molecule has 29 heavy (non-hydrogen) atoms. The molecule has 0 heterocycles. The van der Waals surface area contributed by atoms with Crippen LogP contribution in [-0.2, 0) is 0 Å². The summed E-state index contributed by atoms with van der Waals surface area (Å²) in [6, 6.07) is 0.827. The number of hydrogen-bond acceptors (Lipinski definition) is 2. The quantitative estimate of drug-likeness (QED) is 0.293. The van der Waals surface area contributed by atoms with E-state index in [4.69, 9.17) is 0 Å². The number of hydrogen-bond donors (Lipinski definition) is 2. The van der Waals surface area contributed by atoms with Crippen molar-refractivity contribution >= 4 is 0 Å². The van der Waals surface area contributed by atoms with Gasteiger partial charge >= 0.3 is 0 Å². The minimum absolute atomic E-state index is 0.827. The lowest BCUT2D eigenvalue weighted by molar-refractivity contribution is -0.0133. The minimum Gasteiger partial charge on any atom is -0.312 e. The number of allylic oxidation sites excluding steroid dienone is 5. The zero-order chi connectivity index (χ0) is 20.6. The predicted molar refractivity (Wildman–Crippen MR) is 127 cm³/mol. The van der Waals surface area contributed by atoms with Gasteiger partial charge in [0.1, 0.15) is 0 Å². The fourth-order valence-electron chi connectivity index (χ4n) is 6.27. The van der Waals surface area contributed by atoms with E-state index < -0.39 is 0 Å². The van der Waals surface area contributed by atoms with Gasteiger partial charge in [-0.2, -0.15) is 0 Å². The molecule has 0 spiro atoms. The van der Waals surface area contributed by atoms with Crippen molar-refractivity contribution in [2.45, 2.75) is 91.5 Å². The summed E-state index contributed by atoms with van der Waals surface area (Å²) in [5, 5.41) is 7.54. The minimum atomic E-state index is 0.827. The largest absolute Gasteiger partial charge is 0.312 e. The van der Waals surface area contributed by atoms with E-state index in [-0.39, 0.29) is 0 Å². The molecule has 0 aromatic heterocycles. The van der Waals surface area contributed by atoms with Crippen LogP contribution in [0.3, 0.4) is 0 Å². The van der Waals surface area contributed by atoms with Crippen LogP contribution >= 0.6 is 0 Å². The molecule has 4 rings (SSSR count). The molecule has 4 saturated carbocycles. The maximum absolute atomic E-state index is 3.93. The molecule has 4 aliphatic carbocycles. The molecular formula is C27H46N2. The van der Waals surface area contributed by atoms with Gasteiger partial charge in [-0.3, -0.25) is 0 Å². The highest BCUT2D eigenvalue weighted by Gasteiger charge is 2.47. The Balaban J connectivity index is 1.23. The lowest BCUT2D eigenvalue weighted by Gasteiger charge is -2.54. The SMILES string of the molecule is CC(C)=CCC/C(C)=C\CC/C(C)=C\CNCCNC1C2CC3CC(C2)CC1C3. The van der Waals surface area contributed by atoms with Crippen LogP contribution in [0, 0.1) is 23.7 Å². The Morgan fingerprint density at radius 1 is 0.724 bits per heavy atom. The average Bonchev–Trinajstić information content (AvgIpc) is 2.65. The topological polar surface area (TPSA) is 24.1 Å². The van der Waals surface area contributed by atoms with Gasteiger partial charge in [-0.1, -0.05) is 34.9 Å².